The van der Waals surface area contributed by atoms with Crippen LogP contribution < -0.4 is 16.0 Å². The Balaban J connectivity index is 1.44. The number of hydrogen-bond acceptors (Lipinski definition) is 4. The van der Waals surface area contributed by atoms with Crippen LogP contribution in [0.1, 0.15) is 34.5 Å². The van der Waals surface area contributed by atoms with Crippen LogP contribution in [0.15, 0.2) is 41.0 Å². The van der Waals surface area contributed by atoms with Crippen molar-refractivity contribution in [3.05, 3.63) is 53.5 Å². The van der Waals surface area contributed by atoms with E-state index in [1.165, 1.54) is 29.9 Å². The minimum absolute atomic E-state index is 0.129. The van der Waals surface area contributed by atoms with Gasteiger partial charge in [0, 0.05) is 5.69 Å². The molecule has 0 saturated carbocycles. The Labute approximate surface area is 151 Å². The summed E-state index contributed by atoms with van der Waals surface area (Å²) in [5, 5.41) is 7.77. The third-order valence-corrected chi connectivity index (χ3v) is 4.27. The van der Waals surface area contributed by atoms with Gasteiger partial charge < -0.3 is 20.4 Å². The van der Waals surface area contributed by atoms with E-state index in [1.54, 1.807) is 6.07 Å². The maximum atomic E-state index is 12.1. The molecule has 0 saturated heterocycles. The summed E-state index contributed by atoms with van der Waals surface area (Å²) in [6, 6.07) is 8.99. The van der Waals surface area contributed by atoms with E-state index in [-0.39, 0.29) is 24.8 Å². The summed E-state index contributed by atoms with van der Waals surface area (Å²) in [4.78, 5) is 35.5. The summed E-state index contributed by atoms with van der Waals surface area (Å²) >= 11 is 0. The summed E-state index contributed by atoms with van der Waals surface area (Å²) in [6.45, 7) is -0.382. The predicted molar refractivity (Wildman–Crippen MR) is 95.8 cm³/mol. The molecule has 1 aliphatic carbocycles. The maximum absolute atomic E-state index is 12.1. The first-order valence-electron chi connectivity index (χ1n) is 8.62. The van der Waals surface area contributed by atoms with Crippen molar-refractivity contribution in [2.45, 2.75) is 25.7 Å². The molecule has 1 aromatic carbocycles. The Bertz CT molecular complexity index is 799. The fourth-order valence-corrected chi connectivity index (χ4v) is 2.99. The zero-order chi connectivity index (χ0) is 18.4. The van der Waals surface area contributed by atoms with Crippen LogP contribution in [-0.2, 0) is 22.4 Å². The lowest BCUT2D eigenvalue weighted by molar-refractivity contribution is -0.123. The zero-order valence-electron chi connectivity index (χ0n) is 14.3. The second-order valence-electron chi connectivity index (χ2n) is 6.14. The third-order valence-electron chi connectivity index (χ3n) is 4.27. The van der Waals surface area contributed by atoms with Crippen LogP contribution in [-0.4, -0.2) is 30.8 Å². The Kier molecular flexibility index (Phi) is 5.68. The van der Waals surface area contributed by atoms with Gasteiger partial charge in [0.05, 0.1) is 19.4 Å². The van der Waals surface area contributed by atoms with E-state index < -0.39 is 11.8 Å². The fourth-order valence-electron chi connectivity index (χ4n) is 2.99. The van der Waals surface area contributed by atoms with Gasteiger partial charge in [-0.1, -0.05) is 12.1 Å². The minimum Gasteiger partial charge on any atom is -0.459 e. The number of amides is 3. The van der Waals surface area contributed by atoms with Gasteiger partial charge in [0.15, 0.2) is 5.76 Å². The molecule has 0 spiro atoms. The lowest BCUT2D eigenvalue weighted by Crippen LogP contribution is -2.40. The van der Waals surface area contributed by atoms with Gasteiger partial charge in [-0.25, -0.2) is 0 Å². The highest BCUT2D eigenvalue weighted by Gasteiger charge is 2.15. The van der Waals surface area contributed by atoms with Crippen molar-refractivity contribution in [3.63, 3.8) is 0 Å². The van der Waals surface area contributed by atoms with Gasteiger partial charge in [-0.3, -0.25) is 14.4 Å². The Morgan fingerprint density at radius 3 is 2.54 bits per heavy atom. The first kappa shape index (κ1) is 17.7. The van der Waals surface area contributed by atoms with Crippen LogP contribution >= 0.6 is 0 Å². The van der Waals surface area contributed by atoms with Crippen molar-refractivity contribution in [3.8, 4) is 0 Å². The molecular weight excluding hydrogens is 334 g/mol. The third kappa shape index (κ3) is 4.50. The van der Waals surface area contributed by atoms with Gasteiger partial charge in [-0.05, 0) is 55.0 Å². The number of fused-ring (bicyclic) bond motifs is 1. The van der Waals surface area contributed by atoms with Crippen molar-refractivity contribution >= 4 is 23.4 Å². The molecule has 1 heterocycles. The molecule has 3 rings (SSSR count). The molecule has 26 heavy (non-hydrogen) atoms. The van der Waals surface area contributed by atoms with Gasteiger partial charge in [0.2, 0.25) is 11.8 Å². The molecule has 0 atom stereocenters. The smallest absolute Gasteiger partial charge is 0.287 e. The molecule has 0 radical (unpaired) electrons. The van der Waals surface area contributed by atoms with E-state index in [0.717, 1.165) is 24.9 Å². The normalized spacial score (nSPS) is 12.8. The van der Waals surface area contributed by atoms with E-state index in [9.17, 15) is 14.4 Å². The minimum atomic E-state index is -0.481. The molecule has 3 N–H and O–H groups in total. The number of furan rings is 1. The Hall–Kier alpha value is -3.09. The molecule has 1 aromatic heterocycles. The molecule has 7 heteroatoms. The van der Waals surface area contributed by atoms with E-state index >= 15 is 0 Å². The van der Waals surface area contributed by atoms with Crippen molar-refractivity contribution in [2.24, 2.45) is 0 Å². The van der Waals surface area contributed by atoms with E-state index in [2.05, 4.69) is 22.0 Å². The number of benzene rings is 1. The highest BCUT2D eigenvalue weighted by molar-refractivity contribution is 5.97. The Morgan fingerprint density at radius 2 is 1.73 bits per heavy atom. The lowest BCUT2D eigenvalue weighted by Gasteiger charge is -2.19. The predicted octanol–water partition coefficient (Wildman–Crippen LogP) is 1.64. The number of carbonyl (C=O) groups excluding carboxylic acids is 3. The van der Waals surface area contributed by atoms with E-state index in [4.69, 9.17) is 4.42 Å². The van der Waals surface area contributed by atoms with E-state index in [0.29, 0.717) is 0 Å². The summed E-state index contributed by atoms with van der Waals surface area (Å²) in [5.74, 6) is -1.10. The highest BCUT2D eigenvalue weighted by atomic mass is 16.3. The summed E-state index contributed by atoms with van der Waals surface area (Å²) in [6.07, 6.45) is 5.65. The van der Waals surface area contributed by atoms with Crippen LogP contribution in [0.25, 0.3) is 0 Å². The Morgan fingerprint density at radius 1 is 0.923 bits per heavy atom. The molecule has 0 bridgehead atoms. The number of aryl methyl sites for hydroxylation is 1. The summed E-state index contributed by atoms with van der Waals surface area (Å²) in [7, 11) is 0. The van der Waals surface area contributed by atoms with Crippen LogP contribution in [0.5, 0.6) is 0 Å². The van der Waals surface area contributed by atoms with Gasteiger partial charge in [0.1, 0.15) is 0 Å². The number of nitrogens with one attached hydrogen (secondary N) is 3. The quantitative estimate of drug-likeness (QED) is 0.733. The highest BCUT2D eigenvalue weighted by Crippen LogP contribution is 2.27. The van der Waals surface area contributed by atoms with Gasteiger partial charge in [0.25, 0.3) is 5.91 Å². The number of rotatable bonds is 6. The van der Waals surface area contributed by atoms with E-state index in [1.807, 2.05) is 12.1 Å². The van der Waals surface area contributed by atoms with Crippen LogP contribution in [0.3, 0.4) is 0 Å². The molecule has 0 unspecified atom stereocenters. The molecule has 7 nitrogen and oxygen atoms in total. The monoisotopic (exact) mass is 355 g/mol. The average molecular weight is 355 g/mol. The number of carbonyl (C=O) groups is 3. The number of anilines is 1. The average Bonchev–Trinajstić information content (AvgIpc) is 3.19. The van der Waals surface area contributed by atoms with Crippen molar-refractivity contribution in [2.75, 3.05) is 18.4 Å². The summed E-state index contributed by atoms with van der Waals surface area (Å²) in [5.41, 5.74) is 3.27. The topological polar surface area (TPSA) is 100 Å². The first-order chi connectivity index (χ1) is 12.6. The maximum Gasteiger partial charge on any atom is 0.287 e. The lowest BCUT2D eigenvalue weighted by atomic mass is 9.90. The molecule has 0 fully saturated rings. The van der Waals surface area contributed by atoms with Gasteiger partial charge in [-0.15, -0.1) is 0 Å². The fraction of sp³-hybridized carbons (Fsp3) is 0.316. The largest absolute Gasteiger partial charge is 0.459 e. The van der Waals surface area contributed by atoms with Gasteiger partial charge in [-0.2, -0.15) is 0 Å². The van der Waals surface area contributed by atoms with Crippen LogP contribution in [0, 0.1) is 0 Å². The van der Waals surface area contributed by atoms with Crippen molar-refractivity contribution < 1.29 is 18.8 Å². The molecular formula is C19H21N3O4. The molecule has 0 aliphatic heterocycles. The second-order valence-corrected chi connectivity index (χ2v) is 6.14. The van der Waals surface area contributed by atoms with Crippen molar-refractivity contribution in [1.82, 2.24) is 10.6 Å². The SMILES string of the molecule is O=C(CNC(=O)c1ccco1)NCC(=O)Nc1cccc2c1CCCC2. The number of hydrogen-bond donors (Lipinski definition) is 3. The van der Waals surface area contributed by atoms with Crippen LogP contribution in [0.2, 0.25) is 0 Å². The standard InChI is InChI=1S/C19H21N3O4/c23-17(11-21-19(25)16-9-4-10-26-16)20-12-18(24)22-15-8-3-6-13-5-1-2-7-14(13)15/h3-4,6,8-10H,1-2,5,7,11-12H2,(H,20,23)(H,21,25)(H,22,24). The molecule has 1 aliphatic rings. The molecule has 2 aromatic rings. The van der Waals surface area contributed by atoms with Gasteiger partial charge >= 0.3 is 0 Å². The molecule has 3 amide bonds. The second kappa shape index (κ2) is 8.33. The zero-order valence-corrected chi connectivity index (χ0v) is 14.3. The first-order valence-corrected chi connectivity index (χ1v) is 8.62. The summed E-state index contributed by atoms with van der Waals surface area (Å²) < 4.78 is 4.93. The molecule has 136 valence electrons. The van der Waals surface area contributed by atoms with Crippen LogP contribution in [0.4, 0.5) is 5.69 Å². The van der Waals surface area contributed by atoms with Crippen molar-refractivity contribution in [1.29, 1.82) is 0 Å².